The lowest BCUT2D eigenvalue weighted by Gasteiger charge is -2.24. The maximum absolute atomic E-state index is 14.6. The minimum atomic E-state index is -4.58. The summed E-state index contributed by atoms with van der Waals surface area (Å²) in [5.74, 6) is -0.686. The molecule has 13 nitrogen and oxygen atoms in total. The van der Waals surface area contributed by atoms with Gasteiger partial charge in [0.25, 0.3) is 0 Å². The number of ketones is 1. The fourth-order valence-corrected chi connectivity index (χ4v) is 5.64. The van der Waals surface area contributed by atoms with Crippen LogP contribution in [0.25, 0.3) is 22.0 Å². The Labute approximate surface area is 258 Å². The van der Waals surface area contributed by atoms with Gasteiger partial charge in [-0.3, -0.25) is 18.9 Å². The molecule has 3 aromatic heterocycles. The van der Waals surface area contributed by atoms with Gasteiger partial charge < -0.3 is 29.3 Å². The molecule has 0 aliphatic carbocycles. The van der Waals surface area contributed by atoms with Crippen LogP contribution in [0.1, 0.15) is 29.5 Å². The van der Waals surface area contributed by atoms with E-state index >= 15 is 0 Å². The second-order valence-electron chi connectivity index (χ2n) is 10.3. The molecule has 4 aromatic rings. The Hall–Kier alpha value is -4.04. The molecule has 1 aliphatic heterocycles. The predicted molar refractivity (Wildman–Crippen MR) is 161 cm³/mol. The van der Waals surface area contributed by atoms with Gasteiger partial charge in [-0.15, -0.1) is 0 Å². The molecule has 230 valence electrons. The van der Waals surface area contributed by atoms with E-state index in [4.69, 9.17) is 4.74 Å². The molecule has 0 unspecified atom stereocenters. The molecule has 2 atom stereocenters. The van der Waals surface area contributed by atoms with E-state index in [-0.39, 0.29) is 42.4 Å². The lowest BCUT2D eigenvalue weighted by Crippen LogP contribution is -2.44. The van der Waals surface area contributed by atoms with Gasteiger partial charge in [-0.25, -0.2) is 19.3 Å². The third-order valence-electron chi connectivity index (χ3n) is 6.99. The molecule has 1 saturated heterocycles. The number of aryl methyl sites for hydroxylation is 1. The number of Topliss-reactive ketones (excluding diaryl/α,β-unsaturated/α-hetero) is 1. The quantitative estimate of drug-likeness (QED) is 0.133. The summed E-state index contributed by atoms with van der Waals surface area (Å²) in [6.45, 7) is 2.40. The molecule has 2 amide bonds. The molecule has 1 fully saturated rings. The highest BCUT2D eigenvalue weighted by molar-refractivity contribution is 9.10. The first-order chi connectivity index (χ1) is 20.8. The SMILES string of the molecule is CC(=O)c1cn(CC(=O)N2C[C@H](F)C[C@H]2C(=O)Nc2cccc(Br)n2)c2cc(OCP(=O)(O)O)c(-c3cnc(C)nc3)cc12. The van der Waals surface area contributed by atoms with E-state index in [2.05, 4.69) is 36.2 Å². The van der Waals surface area contributed by atoms with Crippen LogP contribution in [0.15, 0.2) is 53.5 Å². The highest BCUT2D eigenvalue weighted by Gasteiger charge is 2.40. The summed E-state index contributed by atoms with van der Waals surface area (Å²) in [6, 6.07) is 6.88. The molecule has 16 heteroatoms. The lowest BCUT2D eigenvalue weighted by molar-refractivity contribution is -0.137. The maximum Gasteiger partial charge on any atom is 0.362 e. The normalized spacial score (nSPS) is 16.7. The Bertz CT molecular complexity index is 1810. The number of carbonyl (C=O) groups excluding carboxylic acids is 3. The van der Waals surface area contributed by atoms with Gasteiger partial charge in [-0.1, -0.05) is 6.07 Å². The summed E-state index contributed by atoms with van der Waals surface area (Å²) in [6.07, 6.45) is 1.95. The number of aromatic nitrogens is 4. The Balaban J connectivity index is 1.50. The Kier molecular flexibility index (Phi) is 8.93. The van der Waals surface area contributed by atoms with Crippen LogP contribution in [0.4, 0.5) is 10.2 Å². The van der Waals surface area contributed by atoms with Crippen molar-refractivity contribution in [1.29, 1.82) is 0 Å². The minimum Gasteiger partial charge on any atom is -0.480 e. The summed E-state index contributed by atoms with van der Waals surface area (Å²) in [5, 5.41) is 3.05. The van der Waals surface area contributed by atoms with Gasteiger partial charge in [0.2, 0.25) is 11.8 Å². The first-order valence-electron chi connectivity index (χ1n) is 13.3. The Morgan fingerprint density at radius 3 is 2.59 bits per heavy atom. The monoisotopic (exact) mass is 688 g/mol. The number of rotatable bonds is 9. The largest absolute Gasteiger partial charge is 0.480 e. The Morgan fingerprint density at radius 1 is 1.20 bits per heavy atom. The third kappa shape index (κ3) is 7.02. The van der Waals surface area contributed by atoms with Crippen LogP contribution < -0.4 is 10.1 Å². The summed E-state index contributed by atoms with van der Waals surface area (Å²) in [4.78, 5) is 71.8. The van der Waals surface area contributed by atoms with Crippen molar-refractivity contribution in [3.63, 3.8) is 0 Å². The van der Waals surface area contributed by atoms with E-state index < -0.39 is 38.0 Å². The van der Waals surface area contributed by atoms with Gasteiger partial charge in [0.05, 0.1) is 12.1 Å². The maximum atomic E-state index is 14.6. The second-order valence-corrected chi connectivity index (χ2v) is 12.7. The van der Waals surface area contributed by atoms with Crippen molar-refractivity contribution in [3.8, 4) is 16.9 Å². The van der Waals surface area contributed by atoms with E-state index in [1.807, 2.05) is 0 Å². The van der Waals surface area contributed by atoms with Crippen LogP contribution in [0.3, 0.4) is 0 Å². The van der Waals surface area contributed by atoms with Crippen molar-refractivity contribution in [1.82, 2.24) is 24.4 Å². The van der Waals surface area contributed by atoms with E-state index in [0.29, 0.717) is 32.5 Å². The number of nitrogens with one attached hydrogen (secondary N) is 1. The third-order valence-corrected chi connectivity index (χ3v) is 7.89. The van der Waals surface area contributed by atoms with Crippen LogP contribution in [0, 0.1) is 6.92 Å². The molecule has 1 aromatic carbocycles. The van der Waals surface area contributed by atoms with Crippen LogP contribution in [0.2, 0.25) is 0 Å². The zero-order valence-corrected chi connectivity index (χ0v) is 26.0. The van der Waals surface area contributed by atoms with Crippen LogP contribution >= 0.6 is 23.5 Å². The molecule has 5 rings (SSSR count). The molecule has 4 heterocycles. The van der Waals surface area contributed by atoms with E-state index in [9.17, 15) is 33.1 Å². The van der Waals surface area contributed by atoms with Crippen molar-refractivity contribution >= 4 is 57.8 Å². The summed E-state index contributed by atoms with van der Waals surface area (Å²) >= 11 is 3.23. The minimum absolute atomic E-state index is 0.0546. The second kappa shape index (κ2) is 12.5. The lowest BCUT2D eigenvalue weighted by atomic mass is 10.0. The standard InChI is InChI=1S/C28H27BrFN6O7P/c1-15(37)21-12-35(13-27(38)36-11-18(30)6-23(36)28(39)34-26-5-3-4-25(29)33-26)22-8-24(43-14-44(40,41)42)19(7-20(21)22)17-9-31-16(2)32-10-17/h3-5,7-10,12,18,23H,6,11,13-14H2,1-2H3,(H,33,34,39)(H2,40,41,42)/t18-,23+/m1/s1. The van der Waals surface area contributed by atoms with Gasteiger partial charge >= 0.3 is 7.60 Å². The van der Waals surface area contributed by atoms with Crippen molar-refractivity contribution in [3.05, 3.63) is 64.9 Å². The van der Waals surface area contributed by atoms with E-state index in [1.165, 1.54) is 36.1 Å². The number of carbonyl (C=O) groups is 3. The molecule has 1 aliphatic rings. The molecule has 3 N–H and O–H groups in total. The Morgan fingerprint density at radius 2 is 1.93 bits per heavy atom. The number of nitrogens with zero attached hydrogens (tertiary/aromatic N) is 5. The fourth-order valence-electron chi connectivity index (χ4n) is 4.99. The smallest absolute Gasteiger partial charge is 0.362 e. The van der Waals surface area contributed by atoms with E-state index in [0.717, 1.165) is 4.90 Å². The number of amides is 2. The van der Waals surface area contributed by atoms with Crippen molar-refractivity contribution in [2.75, 3.05) is 18.2 Å². The van der Waals surface area contributed by atoms with Gasteiger partial charge in [0.15, 0.2) is 12.1 Å². The molecule has 0 saturated carbocycles. The summed E-state index contributed by atoms with van der Waals surface area (Å²) < 4.78 is 33.7. The number of hydrogen-bond acceptors (Lipinski definition) is 8. The fraction of sp³-hybridized carbons (Fsp3) is 0.286. The number of alkyl halides is 1. The molecule has 44 heavy (non-hydrogen) atoms. The van der Waals surface area contributed by atoms with Gasteiger partial charge in [-0.2, -0.15) is 0 Å². The number of halogens is 2. The van der Waals surface area contributed by atoms with Crippen molar-refractivity contribution in [2.24, 2.45) is 0 Å². The molecule has 0 bridgehead atoms. The number of likely N-dealkylation sites (tertiary alicyclic amines) is 1. The number of ether oxygens (including phenoxy) is 1. The molecular weight excluding hydrogens is 662 g/mol. The zero-order chi connectivity index (χ0) is 31.8. The first kappa shape index (κ1) is 31.4. The van der Waals surface area contributed by atoms with Crippen LogP contribution in [-0.2, 0) is 20.7 Å². The van der Waals surface area contributed by atoms with Gasteiger partial charge in [0.1, 0.15) is 40.8 Å². The molecular formula is C28H27BrFN6O7P. The number of fused-ring (bicyclic) bond motifs is 1. The number of hydrogen-bond donors (Lipinski definition) is 3. The van der Waals surface area contributed by atoms with Crippen LogP contribution in [0.5, 0.6) is 5.75 Å². The predicted octanol–water partition coefficient (Wildman–Crippen LogP) is 3.86. The highest BCUT2D eigenvalue weighted by Crippen LogP contribution is 2.40. The number of benzene rings is 1. The van der Waals surface area contributed by atoms with E-state index in [1.54, 1.807) is 31.2 Å². The van der Waals surface area contributed by atoms with Gasteiger partial charge in [0, 0.05) is 53.2 Å². The first-order valence-corrected chi connectivity index (χ1v) is 15.9. The zero-order valence-electron chi connectivity index (χ0n) is 23.5. The average molecular weight is 689 g/mol. The van der Waals surface area contributed by atoms with Crippen molar-refractivity contribution < 1.29 is 37.9 Å². The number of anilines is 1. The summed E-state index contributed by atoms with van der Waals surface area (Å²) in [5.41, 5.74) is 1.45. The van der Waals surface area contributed by atoms with Gasteiger partial charge in [-0.05, 0) is 48.0 Å². The summed E-state index contributed by atoms with van der Waals surface area (Å²) in [7, 11) is -4.58. The number of pyridine rings is 1. The van der Waals surface area contributed by atoms with Crippen LogP contribution in [-0.4, -0.2) is 76.9 Å². The average Bonchev–Trinajstić information content (AvgIpc) is 3.52. The highest BCUT2D eigenvalue weighted by atomic mass is 79.9. The molecule has 0 radical (unpaired) electrons. The topological polar surface area (TPSA) is 177 Å². The van der Waals surface area contributed by atoms with Crippen molar-refractivity contribution in [2.45, 2.75) is 39.0 Å². The molecule has 0 spiro atoms.